The van der Waals surface area contributed by atoms with E-state index in [2.05, 4.69) is 15.9 Å². The standard InChI is InChI=1S/C14H11BrClNO4/c1-20-11-4-5-14(13(7-11)17(18)19)21-8-9-2-3-10(15)6-12(9)16/h2-7H,8H2,1H3. The van der Waals surface area contributed by atoms with Gasteiger partial charge < -0.3 is 9.47 Å². The molecule has 0 saturated heterocycles. The lowest BCUT2D eigenvalue weighted by molar-refractivity contribution is -0.386. The molecule has 2 aromatic carbocycles. The van der Waals surface area contributed by atoms with Crippen LogP contribution in [0.15, 0.2) is 40.9 Å². The maximum atomic E-state index is 11.1. The van der Waals surface area contributed by atoms with Crippen LogP contribution in [0, 0.1) is 10.1 Å². The number of rotatable bonds is 5. The van der Waals surface area contributed by atoms with Gasteiger partial charge >= 0.3 is 5.69 Å². The highest BCUT2D eigenvalue weighted by Gasteiger charge is 2.17. The molecule has 0 aliphatic carbocycles. The molecule has 0 fully saturated rings. The fourth-order valence-corrected chi connectivity index (χ4v) is 2.41. The molecule has 0 aliphatic rings. The highest BCUT2D eigenvalue weighted by molar-refractivity contribution is 9.10. The molecule has 21 heavy (non-hydrogen) atoms. The lowest BCUT2D eigenvalue weighted by atomic mass is 10.2. The van der Waals surface area contributed by atoms with Crippen molar-refractivity contribution in [2.75, 3.05) is 7.11 Å². The Morgan fingerprint density at radius 1 is 1.29 bits per heavy atom. The summed E-state index contributed by atoms with van der Waals surface area (Å²) in [6, 6.07) is 9.78. The monoisotopic (exact) mass is 371 g/mol. The van der Waals surface area contributed by atoms with Gasteiger partial charge in [0.05, 0.1) is 18.1 Å². The van der Waals surface area contributed by atoms with Gasteiger partial charge in [0.2, 0.25) is 0 Å². The van der Waals surface area contributed by atoms with Gasteiger partial charge in [-0.2, -0.15) is 0 Å². The van der Waals surface area contributed by atoms with E-state index in [1.807, 2.05) is 6.07 Å². The molecule has 0 heterocycles. The molecule has 0 bridgehead atoms. The molecule has 2 aromatic rings. The second-order valence-electron chi connectivity index (χ2n) is 4.12. The molecule has 0 saturated carbocycles. The van der Waals surface area contributed by atoms with E-state index in [1.165, 1.54) is 19.2 Å². The molecule has 110 valence electrons. The fourth-order valence-electron chi connectivity index (χ4n) is 1.68. The Hall–Kier alpha value is -1.79. The molecule has 0 unspecified atom stereocenters. The lowest BCUT2D eigenvalue weighted by Gasteiger charge is -2.09. The second-order valence-corrected chi connectivity index (χ2v) is 5.44. The number of nitrogens with zero attached hydrogens (tertiary/aromatic N) is 1. The summed E-state index contributed by atoms with van der Waals surface area (Å²) < 4.78 is 11.3. The minimum Gasteiger partial charge on any atom is -0.496 e. The molecule has 0 N–H and O–H groups in total. The van der Waals surface area contributed by atoms with Gasteiger partial charge in [-0.15, -0.1) is 0 Å². The van der Waals surface area contributed by atoms with Crippen molar-refractivity contribution < 1.29 is 14.4 Å². The van der Waals surface area contributed by atoms with Crippen LogP contribution >= 0.6 is 27.5 Å². The van der Waals surface area contributed by atoms with Crippen molar-refractivity contribution in [3.05, 3.63) is 61.6 Å². The average molecular weight is 373 g/mol. The van der Waals surface area contributed by atoms with E-state index >= 15 is 0 Å². The Labute approximate surface area is 134 Å². The predicted molar refractivity (Wildman–Crippen MR) is 83.1 cm³/mol. The number of ether oxygens (including phenoxy) is 2. The maximum absolute atomic E-state index is 11.1. The topological polar surface area (TPSA) is 61.6 Å². The number of halogens is 2. The summed E-state index contributed by atoms with van der Waals surface area (Å²) >= 11 is 9.39. The molecule has 0 aromatic heterocycles. The van der Waals surface area contributed by atoms with Crippen molar-refractivity contribution >= 4 is 33.2 Å². The van der Waals surface area contributed by atoms with Crippen molar-refractivity contribution in [3.8, 4) is 11.5 Å². The van der Waals surface area contributed by atoms with Crippen molar-refractivity contribution in [3.63, 3.8) is 0 Å². The summed E-state index contributed by atoms with van der Waals surface area (Å²) in [4.78, 5) is 10.5. The lowest BCUT2D eigenvalue weighted by Crippen LogP contribution is -2.00. The molecule has 0 spiro atoms. The van der Waals surface area contributed by atoms with Gasteiger partial charge in [-0.1, -0.05) is 33.6 Å². The van der Waals surface area contributed by atoms with Gasteiger partial charge in [0.25, 0.3) is 0 Å². The van der Waals surface area contributed by atoms with Crippen molar-refractivity contribution in [1.82, 2.24) is 0 Å². The van der Waals surface area contributed by atoms with E-state index in [1.54, 1.807) is 18.2 Å². The first-order valence-corrected chi connectivity index (χ1v) is 7.07. The minimum atomic E-state index is -0.513. The molecule has 0 radical (unpaired) electrons. The molecule has 0 amide bonds. The Morgan fingerprint density at radius 2 is 2.05 bits per heavy atom. The third-order valence-corrected chi connectivity index (χ3v) is 3.61. The first-order valence-electron chi connectivity index (χ1n) is 5.90. The van der Waals surface area contributed by atoms with E-state index in [-0.39, 0.29) is 18.0 Å². The average Bonchev–Trinajstić information content (AvgIpc) is 2.46. The van der Waals surface area contributed by atoms with Gasteiger partial charge in [0.1, 0.15) is 12.4 Å². The smallest absolute Gasteiger partial charge is 0.314 e. The number of hydrogen-bond donors (Lipinski definition) is 0. The minimum absolute atomic E-state index is 0.138. The summed E-state index contributed by atoms with van der Waals surface area (Å²) in [6.07, 6.45) is 0. The zero-order valence-corrected chi connectivity index (χ0v) is 13.3. The van der Waals surface area contributed by atoms with Crippen molar-refractivity contribution in [1.29, 1.82) is 0 Å². The van der Waals surface area contributed by atoms with Crippen LogP contribution in [0.2, 0.25) is 5.02 Å². The molecule has 0 aliphatic heterocycles. The number of methoxy groups -OCH3 is 1. The summed E-state index contributed by atoms with van der Waals surface area (Å²) in [5.74, 6) is 0.565. The normalized spacial score (nSPS) is 10.2. The SMILES string of the molecule is COc1ccc(OCc2ccc(Br)cc2Cl)c([N+](=O)[O-])c1. The van der Waals surface area contributed by atoms with Crippen LogP contribution in [-0.4, -0.2) is 12.0 Å². The largest absolute Gasteiger partial charge is 0.496 e. The van der Waals surface area contributed by atoms with Crippen LogP contribution < -0.4 is 9.47 Å². The van der Waals surface area contributed by atoms with Crippen LogP contribution in [0.1, 0.15) is 5.56 Å². The summed E-state index contributed by atoms with van der Waals surface area (Å²) in [5.41, 5.74) is 0.590. The van der Waals surface area contributed by atoms with Crippen LogP contribution in [0.4, 0.5) is 5.69 Å². The Morgan fingerprint density at radius 3 is 2.67 bits per heavy atom. The van der Waals surface area contributed by atoms with E-state index < -0.39 is 4.92 Å². The fraction of sp³-hybridized carbons (Fsp3) is 0.143. The van der Waals surface area contributed by atoms with E-state index in [0.29, 0.717) is 10.8 Å². The molecule has 2 rings (SSSR count). The number of benzene rings is 2. The molecule has 5 nitrogen and oxygen atoms in total. The molecular weight excluding hydrogens is 362 g/mol. The number of nitro groups is 1. The zero-order chi connectivity index (χ0) is 15.4. The Balaban J connectivity index is 2.21. The van der Waals surface area contributed by atoms with Crippen LogP contribution in [0.5, 0.6) is 11.5 Å². The highest BCUT2D eigenvalue weighted by Crippen LogP contribution is 2.32. The van der Waals surface area contributed by atoms with E-state index in [4.69, 9.17) is 21.1 Å². The Bertz CT molecular complexity index is 678. The van der Waals surface area contributed by atoms with E-state index in [9.17, 15) is 10.1 Å². The quantitative estimate of drug-likeness (QED) is 0.568. The Kier molecular flexibility index (Phi) is 5.03. The van der Waals surface area contributed by atoms with Gasteiger partial charge in [0, 0.05) is 15.1 Å². The maximum Gasteiger partial charge on any atom is 0.314 e. The summed E-state index contributed by atoms with van der Waals surface area (Å²) in [7, 11) is 1.45. The van der Waals surface area contributed by atoms with Crippen LogP contribution in [-0.2, 0) is 6.61 Å². The first kappa shape index (κ1) is 15.6. The number of nitro benzene ring substituents is 1. The van der Waals surface area contributed by atoms with Gasteiger partial charge in [-0.05, 0) is 24.3 Å². The highest BCUT2D eigenvalue weighted by atomic mass is 79.9. The summed E-state index contributed by atoms with van der Waals surface area (Å²) in [6.45, 7) is 0.138. The van der Waals surface area contributed by atoms with Crippen LogP contribution in [0.3, 0.4) is 0 Å². The number of hydrogen-bond acceptors (Lipinski definition) is 4. The molecule has 7 heteroatoms. The second kappa shape index (κ2) is 6.78. The van der Waals surface area contributed by atoms with Crippen LogP contribution in [0.25, 0.3) is 0 Å². The van der Waals surface area contributed by atoms with E-state index in [0.717, 1.165) is 10.0 Å². The summed E-state index contributed by atoms with van der Waals surface area (Å²) in [5, 5.41) is 11.6. The van der Waals surface area contributed by atoms with Gasteiger partial charge in [-0.3, -0.25) is 10.1 Å². The van der Waals surface area contributed by atoms with Crippen molar-refractivity contribution in [2.24, 2.45) is 0 Å². The third-order valence-electron chi connectivity index (χ3n) is 2.76. The van der Waals surface area contributed by atoms with Gasteiger partial charge in [-0.25, -0.2) is 0 Å². The molecular formula is C14H11BrClNO4. The van der Waals surface area contributed by atoms with Gasteiger partial charge in [0.15, 0.2) is 5.75 Å². The first-order chi connectivity index (χ1) is 10.0. The molecule has 0 atom stereocenters. The zero-order valence-electron chi connectivity index (χ0n) is 11.0. The third kappa shape index (κ3) is 3.86. The predicted octanol–water partition coefficient (Wildman–Crippen LogP) is 4.60. The van der Waals surface area contributed by atoms with Crippen molar-refractivity contribution in [2.45, 2.75) is 6.61 Å².